The zero-order valence-corrected chi connectivity index (χ0v) is 12.8. The van der Waals surface area contributed by atoms with Crippen LogP contribution in [0.5, 0.6) is 5.75 Å². The maximum absolute atomic E-state index is 6.07. The molecular weight excluding hydrogens is 361 g/mol. The van der Waals surface area contributed by atoms with E-state index in [9.17, 15) is 0 Å². The van der Waals surface area contributed by atoms with Crippen LogP contribution in [-0.2, 0) is 6.54 Å². The standard InChI is InChI=1S/C14H13ClINO/c1-18-14-7-6-12(8-13(14)15)17-9-10-2-4-11(16)5-3-10/h2-8,17H,9H2,1H3. The first-order valence-corrected chi connectivity index (χ1v) is 6.96. The molecule has 0 heterocycles. The summed E-state index contributed by atoms with van der Waals surface area (Å²) >= 11 is 8.36. The molecule has 0 aromatic heterocycles. The highest BCUT2D eigenvalue weighted by molar-refractivity contribution is 14.1. The smallest absolute Gasteiger partial charge is 0.137 e. The first-order valence-electron chi connectivity index (χ1n) is 5.51. The summed E-state index contributed by atoms with van der Waals surface area (Å²) in [7, 11) is 1.61. The fourth-order valence-electron chi connectivity index (χ4n) is 1.58. The molecule has 94 valence electrons. The van der Waals surface area contributed by atoms with E-state index >= 15 is 0 Å². The van der Waals surface area contributed by atoms with Gasteiger partial charge in [-0.15, -0.1) is 0 Å². The van der Waals surface area contributed by atoms with Gasteiger partial charge in [-0.1, -0.05) is 23.7 Å². The summed E-state index contributed by atoms with van der Waals surface area (Å²) in [4.78, 5) is 0. The molecule has 0 fully saturated rings. The monoisotopic (exact) mass is 373 g/mol. The number of anilines is 1. The van der Waals surface area contributed by atoms with Crippen LogP contribution in [0.4, 0.5) is 5.69 Å². The molecule has 0 aliphatic rings. The largest absolute Gasteiger partial charge is 0.495 e. The second kappa shape index (κ2) is 6.29. The average Bonchev–Trinajstić information content (AvgIpc) is 2.38. The molecule has 0 aliphatic heterocycles. The van der Waals surface area contributed by atoms with Crippen LogP contribution in [0.2, 0.25) is 5.02 Å². The van der Waals surface area contributed by atoms with Gasteiger partial charge in [0.2, 0.25) is 0 Å². The van der Waals surface area contributed by atoms with Crippen molar-refractivity contribution in [3.8, 4) is 5.75 Å². The SMILES string of the molecule is COc1ccc(NCc2ccc(I)cc2)cc1Cl. The lowest BCUT2D eigenvalue weighted by atomic mass is 10.2. The molecule has 2 aromatic rings. The van der Waals surface area contributed by atoms with Crippen LogP contribution in [0.15, 0.2) is 42.5 Å². The quantitative estimate of drug-likeness (QED) is 0.793. The van der Waals surface area contributed by atoms with Crippen molar-refractivity contribution in [2.45, 2.75) is 6.54 Å². The molecule has 1 N–H and O–H groups in total. The molecule has 0 amide bonds. The highest BCUT2D eigenvalue weighted by atomic mass is 127. The van der Waals surface area contributed by atoms with Gasteiger partial charge < -0.3 is 10.1 Å². The summed E-state index contributed by atoms with van der Waals surface area (Å²) < 4.78 is 6.36. The predicted molar refractivity (Wildman–Crippen MR) is 84.5 cm³/mol. The Bertz CT molecular complexity index is 528. The van der Waals surface area contributed by atoms with Crippen molar-refractivity contribution in [2.24, 2.45) is 0 Å². The van der Waals surface area contributed by atoms with Crippen LogP contribution in [0.3, 0.4) is 0 Å². The van der Waals surface area contributed by atoms with Crippen LogP contribution in [0, 0.1) is 3.57 Å². The highest BCUT2D eigenvalue weighted by Crippen LogP contribution is 2.27. The third-order valence-electron chi connectivity index (χ3n) is 2.56. The van der Waals surface area contributed by atoms with Crippen molar-refractivity contribution in [1.82, 2.24) is 0 Å². The van der Waals surface area contributed by atoms with Gasteiger partial charge in [0, 0.05) is 15.8 Å². The van der Waals surface area contributed by atoms with Crippen LogP contribution >= 0.6 is 34.2 Å². The molecule has 0 atom stereocenters. The number of hydrogen-bond donors (Lipinski definition) is 1. The van der Waals surface area contributed by atoms with Crippen molar-refractivity contribution in [2.75, 3.05) is 12.4 Å². The minimum absolute atomic E-state index is 0.616. The first-order chi connectivity index (χ1) is 8.69. The molecule has 0 saturated carbocycles. The Hall–Kier alpha value is -0.940. The van der Waals surface area contributed by atoms with Crippen LogP contribution < -0.4 is 10.1 Å². The van der Waals surface area contributed by atoms with Gasteiger partial charge in [0.25, 0.3) is 0 Å². The average molecular weight is 374 g/mol. The number of ether oxygens (including phenoxy) is 1. The number of methoxy groups -OCH3 is 1. The number of hydrogen-bond acceptors (Lipinski definition) is 2. The third-order valence-corrected chi connectivity index (χ3v) is 3.58. The summed E-state index contributed by atoms with van der Waals surface area (Å²) in [6.45, 7) is 0.777. The first kappa shape index (κ1) is 13.5. The zero-order chi connectivity index (χ0) is 13.0. The maximum atomic E-state index is 6.07. The second-order valence-corrected chi connectivity index (χ2v) is 5.48. The molecule has 0 radical (unpaired) electrons. The molecule has 4 heteroatoms. The molecule has 0 saturated heterocycles. The predicted octanol–water partition coefficient (Wildman–Crippen LogP) is 4.57. The van der Waals surface area contributed by atoms with E-state index in [1.807, 2.05) is 18.2 Å². The summed E-state index contributed by atoms with van der Waals surface area (Å²) in [5.41, 5.74) is 2.22. The van der Waals surface area contributed by atoms with Crippen LogP contribution in [0.25, 0.3) is 0 Å². The minimum Gasteiger partial charge on any atom is -0.495 e. The molecule has 0 bridgehead atoms. The lowest BCUT2D eigenvalue weighted by Gasteiger charge is -2.09. The van der Waals surface area contributed by atoms with Crippen molar-refractivity contribution in [3.05, 3.63) is 56.6 Å². The molecule has 0 aliphatic carbocycles. The number of nitrogens with one attached hydrogen (secondary N) is 1. The topological polar surface area (TPSA) is 21.3 Å². The van der Waals surface area contributed by atoms with Gasteiger partial charge in [-0.05, 0) is 58.5 Å². The van der Waals surface area contributed by atoms with Gasteiger partial charge in [-0.2, -0.15) is 0 Å². The van der Waals surface area contributed by atoms with E-state index in [0.717, 1.165) is 12.2 Å². The van der Waals surface area contributed by atoms with Crippen molar-refractivity contribution >= 4 is 39.9 Å². The van der Waals surface area contributed by atoms with Gasteiger partial charge in [0.05, 0.1) is 12.1 Å². The Morgan fingerprint density at radius 3 is 2.50 bits per heavy atom. The Labute approximate surface area is 125 Å². The van der Waals surface area contributed by atoms with Gasteiger partial charge in [0.15, 0.2) is 0 Å². The van der Waals surface area contributed by atoms with Crippen LogP contribution in [0.1, 0.15) is 5.56 Å². The lowest BCUT2D eigenvalue weighted by Crippen LogP contribution is -1.99. The summed E-state index contributed by atoms with van der Waals surface area (Å²) in [5, 5.41) is 3.95. The minimum atomic E-state index is 0.616. The number of halogens is 2. The molecule has 2 aromatic carbocycles. The fraction of sp³-hybridized carbons (Fsp3) is 0.143. The maximum Gasteiger partial charge on any atom is 0.137 e. The van der Waals surface area contributed by atoms with E-state index in [1.54, 1.807) is 7.11 Å². The molecule has 18 heavy (non-hydrogen) atoms. The van der Waals surface area contributed by atoms with Crippen LogP contribution in [-0.4, -0.2) is 7.11 Å². The Kier molecular flexibility index (Phi) is 4.72. The third kappa shape index (κ3) is 3.53. The zero-order valence-electron chi connectivity index (χ0n) is 9.91. The molecule has 0 unspecified atom stereocenters. The number of benzene rings is 2. The van der Waals surface area contributed by atoms with Gasteiger partial charge in [-0.3, -0.25) is 0 Å². The van der Waals surface area contributed by atoms with Crippen molar-refractivity contribution < 1.29 is 4.74 Å². The lowest BCUT2D eigenvalue weighted by molar-refractivity contribution is 0.415. The van der Waals surface area contributed by atoms with Gasteiger partial charge in [0.1, 0.15) is 5.75 Å². The second-order valence-electron chi connectivity index (χ2n) is 3.83. The molecular formula is C14H13ClINO. The van der Waals surface area contributed by atoms with Gasteiger partial charge in [-0.25, -0.2) is 0 Å². The van der Waals surface area contributed by atoms with E-state index in [1.165, 1.54) is 9.13 Å². The molecule has 0 spiro atoms. The fourth-order valence-corrected chi connectivity index (χ4v) is 2.20. The summed E-state index contributed by atoms with van der Waals surface area (Å²) in [6.07, 6.45) is 0. The van der Waals surface area contributed by atoms with E-state index in [0.29, 0.717) is 10.8 Å². The van der Waals surface area contributed by atoms with E-state index in [-0.39, 0.29) is 0 Å². The van der Waals surface area contributed by atoms with E-state index in [4.69, 9.17) is 16.3 Å². The summed E-state index contributed by atoms with van der Waals surface area (Å²) in [6, 6.07) is 14.1. The summed E-state index contributed by atoms with van der Waals surface area (Å²) in [5.74, 6) is 0.691. The highest BCUT2D eigenvalue weighted by Gasteiger charge is 2.01. The van der Waals surface area contributed by atoms with E-state index < -0.39 is 0 Å². The van der Waals surface area contributed by atoms with Crippen molar-refractivity contribution in [1.29, 1.82) is 0 Å². The normalized spacial score (nSPS) is 10.2. The Morgan fingerprint density at radius 1 is 1.17 bits per heavy atom. The molecule has 2 rings (SSSR count). The van der Waals surface area contributed by atoms with Crippen molar-refractivity contribution in [3.63, 3.8) is 0 Å². The number of rotatable bonds is 4. The molecule has 2 nitrogen and oxygen atoms in total. The van der Waals surface area contributed by atoms with E-state index in [2.05, 4.69) is 52.2 Å². The van der Waals surface area contributed by atoms with Gasteiger partial charge >= 0.3 is 0 Å². The Balaban J connectivity index is 2.02. The Morgan fingerprint density at radius 2 is 1.89 bits per heavy atom.